The molecule has 0 unspecified atom stereocenters. The van der Waals surface area contributed by atoms with Crippen LogP contribution in [-0.4, -0.2) is 25.6 Å². The summed E-state index contributed by atoms with van der Waals surface area (Å²) in [4.78, 5) is 16.0. The zero-order valence-corrected chi connectivity index (χ0v) is 12.9. The molecule has 2 aromatic rings. The van der Waals surface area contributed by atoms with Gasteiger partial charge in [-0.2, -0.15) is 0 Å². The molecule has 1 heterocycles. The molecule has 1 aromatic carbocycles. The van der Waals surface area contributed by atoms with Crippen LogP contribution < -0.4 is 5.32 Å². The van der Waals surface area contributed by atoms with Gasteiger partial charge < -0.3 is 0 Å². The standard InChI is InChI=1S/C13H14N2O3S2/c1-8-5-4-6-10(9(8)2)12(16)15-13-14-11(7-19-13)20(3,17)18/h4-7H,1-3H3,(H,14,15,16). The topological polar surface area (TPSA) is 76.1 Å². The van der Waals surface area contributed by atoms with E-state index in [4.69, 9.17) is 0 Å². The smallest absolute Gasteiger partial charge is 0.257 e. The Morgan fingerprint density at radius 3 is 2.60 bits per heavy atom. The molecule has 0 saturated carbocycles. The Morgan fingerprint density at radius 2 is 2.00 bits per heavy atom. The van der Waals surface area contributed by atoms with E-state index in [1.165, 1.54) is 5.38 Å². The molecule has 0 aliphatic heterocycles. The van der Waals surface area contributed by atoms with E-state index in [0.717, 1.165) is 28.7 Å². The number of hydrogen-bond acceptors (Lipinski definition) is 5. The van der Waals surface area contributed by atoms with Crippen molar-refractivity contribution < 1.29 is 13.2 Å². The molecule has 0 atom stereocenters. The zero-order chi connectivity index (χ0) is 14.9. The minimum Gasteiger partial charge on any atom is -0.298 e. The quantitative estimate of drug-likeness (QED) is 0.944. The normalized spacial score (nSPS) is 11.3. The van der Waals surface area contributed by atoms with Gasteiger partial charge in [-0.1, -0.05) is 12.1 Å². The van der Waals surface area contributed by atoms with E-state index >= 15 is 0 Å². The third-order valence-corrected chi connectivity index (χ3v) is 4.81. The third kappa shape index (κ3) is 3.05. The highest BCUT2D eigenvalue weighted by atomic mass is 32.2. The lowest BCUT2D eigenvalue weighted by atomic mass is 10.0. The molecule has 0 aliphatic rings. The average molecular weight is 310 g/mol. The second-order valence-electron chi connectivity index (χ2n) is 4.46. The van der Waals surface area contributed by atoms with Crippen LogP contribution in [0.5, 0.6) is 0 Å². The molecule has 0 bridgehead atoms. The zero-order valence-electron chi connectivity index (χ0n) is 11.3. The van der Waals surface area contributed by atoms with E-state index in [-0.39, 0.29) is 16.1 Å². The number of rotatable bonds is 3. The molecule has 0 aliphatic carbocycles. The van der Waals surface area contributed by atoms with Crippen molar-refractivity contribution in [3.05, 3.63) is 40.3 Å². The Kier molecular flexibility index (Phi) is 3.92. The van der Waals surface area contributed by atoms with E-state index in [0.29, 0.717) is 5.56 Å². The summed E-state index contributed by atoms with van der Waals surface area (Å²) in [6.07, 6.45) is 1.08. The molecule has 2 rings (SSSR count). The second kappa shape index (κ2) is 5.34. The number of nitrogens with zero attached hydrogens (tertiary/aromatic N) is 1. The Morgan fingerprint density at radius 1 is 1.30 bits per heavy atom. The molecule has 1 N–H and O–H groups in total. The SMILES string of the molecule is Cc1cccc(C(=O)Nc2nc(S(C)(=O)=O)cs2)c1C. The van der Waals surface area contributed by atoms with Crippen LogP contribution in [0.15, 0.2) is 28.6 Å². The van der Waals surface area contributed by atoms with Crippen molar-refractivity contribution in [2.45, 2.75) is 18.9 Å². The molecule has 0 radical (unpaired) electrons. The predicted molar refractivity (Wildman–Crippen MR) is 79.1 cm³/mol. The number of amides is 1. The maximum atomic E-state index is 12.2. The van der Waals surface area contributed by atoms with Crippen LogP contribution in [0.3, 0.4) is 0 Å². The van der Waals surface area contributed by atoms with Gasteiger partial charge in [0.25, 0.3) is 5.91 Å². The fraction of sp³-hybridized carbons (Fsp3) is 0.231. The summed E-state index contributed by atoms with van der Waals surface area (Å²) in [6, 6.07) is 5.46. The Hall–Kier alpha value is -1.73. The molecular weight excluding hydrogens is 296 g/mol. The van der Waals surface area contributed by atoms with E-state index < -0.39 is 9.84 Å². The van der Waals surface area contributed by atoms with Crippen LogP contribution in [0.25, 0.3) is 0 Å². The monoisotopic (exact) mass is 310 g/mol. The number of nitrogens with one attached hydrogen (secondary N) is 1. The number of anilines is 1. The summed E-state index contributed by atoms with van der Waals surface area (Å²) < 4.78 is 22.7. The van der Waals surface area contributed by atoms with Crippen LogP contribution in [0.1, 0.15) is 21.5 Å². The van der Waals surface area contributed by atoms with Gasteiger partial charge in [0.15, 0.2) is 20.0 Å². The maximum absolute atomic E-state index is 12.2. The van der Waals surface area contributed by atoms with Crippen molar-refractivity contribution in [2.24, 2.45) is 0 Å². The highest BCUT2D eigenvalue weighted by Crippen LogP contribution is 2.21. The number of carbonyl (C=O) groups is 1. The second-order valence-corrected chi connectivity index (χ2v) is 7.29. The first kappa shape index (κ1) is 14.7. The summed E-state index contributed by atoms with van der Waals surface area (Å²) in [5.41, 5.74) is 2.47. The van der Waals surface area contributed by atoms with E-state index in [9.17, 15) is 13.2 Å². The van der Waals surface area contributed by atoms with Crippen molar-refractivity contribution in [2.75, 3.05) is 11.6 Å². The predicted octanol–water partition coefficient (Wildman–Crippen LogP) is 2.42. The summed E-state index contributed by atoms with van der Waals surface area (Å²) in [7, 11) is -3.35. The molecule has 20 heavy (non-hydrogen) atoms. The Bertz CT molecular complexity index is 764. The summed E-state index contributed by atoms with van der Waals surface area (Å²) in [5.74, 6) is -0.291. The molecule has 106 valence electrons. The van der Waals surface area contributed by atoms with Gasteiger partial charge >= 0.3 is 0 Å². The largest absolute Gasteiger partial charge is 0.298 e. The highest BCUT2D eigenvalue weighted by Gasteiger charge is 2.15. The van der Waals surface area contributed by atoms with Crippen molar-refractivity contribution in [1.29, 1.82) is 0 Å². The maximum Gasteiger partial charge on any atom is 0.257 e. The van der Waals surface area contributed by atoms with Gasteiger partial charge in [0.05, 0.1) is 0 Å². The number of thiazole rings is 1. The van der Waals surface area contributed by atoms with Gasteiger partial charge in [-0.05, 0) is 31.0 Å². The number of benzene rings is 1. The van der Waals surface area contributed by atoms with Crippen molar-refractivity contribution in [1.82, 2.24) is 4.98 Å². The lowest BCUT2D eigenvalue weighted by Gasteiger charge is -2.07. The summed E-state index contributed by atoms with van der Waals surface area (Å²) in [6.45, 7) is 3.80. The fourth-order valence-corrected chi connectivity index (χ4v) is 3.37. The molecular formula is C13H14N2O3S2. The number of sulfone groups is 1. The first-order chi connectivity index (χ1) is 9.29. The Labute approximate surface area is 121 Å². The molecule has 1 aromatic heterocycles. The minimum atomic E-state index is -3.35. The van der Waals surface area contributed by atoms with Crippen LogP contribution >= 0.6 is 11.3 Å². The minimum absolute atomic E-state index is 0.0289. The number of aryl methyl sites for hydroxylation is 1. The lowest BCUT2D eigenvalue weighted by molar-refractivity contribution is 0.102. The number of aromatic nitrogens is 1. The van der Waals surface area contributed by atoms with Gasteiger partial charge in [-0.3, -0.25) is 10.1 Å². The van der Waals surface area contributed by atoms with E-state index in [1.54, 1.807) is 12.1 Å². The van der Waals surface area contributed by atoms with Crippen LogP contribution in [0.2, 0.25) is 0 Å². The lowest BCUT2D eigenvalue weighted by Crippen LogP contribution is -2.14. The van der Waals surface area contributed by atoms with Gasteiger partial charge in [0.2, 0.25) is 0 Å². The average Bonchev–Trinajstić information content (AvgIpc) is 2.81. The number of carbonyl (C=O) groups excluding carboxylic acids is 1. The van der Waals surface area contributed by atoms with Gasteiger partial charge in [0.1, 0.15) is 0 Å². The summed E-state index contributed by atoms with van der Waals surface area (Å²) in [5, 5.41) is 4.28. The van der Waals surface area contributed by atoms with Crippen LogP contribution in [-0.2, 0) is 9.84 Å². The molecule has 5 nitrogen and oxygen atoms in total. The van der Waals surface area contributed by atoms with Crippen molar-refractivity contribution >= 4 is 32.2 Å². The van der Waals surface area contributed by atoms with Crippen LogP contribution in [0, 0.1) is 13.8 Å². The molecule has 0 fully saturated rings. The first-order valence-electron chi connectivity index (χ1n) is 5.82. The third-order valence-electron chi connectivity index (χ3n) is 2.93. The van der Waals surface area contributed by atoms with E-state index in [1.807, 2.05) is 19.9 Å². The fourth-order valence-electron chi connectivity index (χ4n) is 1.65. The van der Waals surface area contributed by atoms with Gasteiger partial charge in [0, 0.05) is 17.2 Å². The molecule has 0 spiro atoms. The number of hydrogen-bond donors (Lipinski definition) is 1. The molecule has 0 saturated heterocycles. The highest BCUT2D eigenvalue weighted by molar-refractivity contribution is 7.90. The van der Waals surface area contributed by atoms with Gasteiger partial charge in [-0.25, -0.2) is 13.4 Å². The Balaban J connectivity index is 2.24. The first-order valence-corrected chi connectivity index (χ1v) is 8.59. The van der Waals surface area contributed by atoms with Crippen molar-refractivity contribution in [3.8, 4) is 0 Å². The molecule has 1 amide bonds. The van der Waals surface area contributed by atoms with Crippen LogP contribution in [0.4, 0.5) is 5.13 Å². The van der Waals surface area contributed by atoms with Gasteiger partial charge in [-0.15, -0.1) is 11.3 Å². The van der Waals surface area contributed by atoms with Crippen molar-refractivity contribution in [3.63, 3.8) is 0 Å². The summed E-state index contributed by atoms with van der Waals surface area (Å²) >= 11 is 1.09. The molecule has 7 heteroatoms. The van der Waals surface area contributed by atoms with E-state index in [2.05, 4.69) is 10.3 Å².